The highest BCUT2D eigenvalue weighted by atomic mass is 35.5. The number of rotatable bonds is 5. The van der Waals surface area contributed by atoms with Gasteiger partial charge in [0.15, 0.2) is 0 Å². The zero-order valence-corrected chi connectivity index (χ0v) is 21.6. The average Bonchev–Trinajstić information content (AvgIpc) is 3.15. The van der Waals surface area contributed by atoms with Gasteiger partial charge in [-0.2, -0.15) is 13.2 Å². The summed E-state index contributed by atoms with van der Waals surface area (Å²) in [7, 11) is -3.30. The number of amides is 1. The second-order valence-electron chi connectivity index (χ2n) is 9.46. The second-order valence-corrected chi connectivity index (χ2v) is 13.0. The highest BCUT2D eigenvalue weighted by molar-refractivity contribution is 8.04. The van der Waals surface area contributed by atoms with Crippen molar-refractivity contribution in [2.24, 2.45) is 21.8 Å². The third kappa shape index (κ3) is 7.14. The lowest BCUT2D eigenvalue weighted by Crippen LogP contribution is -2.53. The number of carbonyl (C=O) groups excluding carboxylic acids is 1. The molecule has 1 saturated carbocycles. The fraction of sp³-hybridized carbons (Fsp3) is 0.762. The highest BCUT2D eigenvalue weighted by Gasteiger charge is 2.40. The number of nitrogens with zero attached hydrogens (tertiary/aromatic N) is 4. The van der Waals surface area contributed by atoms with Crippen LogP contribution in [0.25, 0.3) is 0 Å². The van der Waals surface area contributed by atoms with E-state index in [4.69, 9.17) is 11.6 Å². The minimum atomic E-state index is -4.26. The van der Waals surface area contributed by atoms with Gasteiger partial charge in [0, 0.05) is 44.0 Å². The number of hydrogen-bond acceptors (Lipinski definition) is 7. The predicted molar refractivity (Wildman–Crippen MR) is 131 cm³/mol. The zero-order chi connectivity index (χ0) is 25.4. The summed E-state index contributed by atoms with van der Waals surface area (Å²) in [6.45, 7) is 2.08. The van der Waals surface area contributed by atoms with Crippen molar-refractivity contribution in [3.8, 4) is 0 Å². The summed E-state index contributed by atoms with van der Waals surface area (Å²) < 4.78 is 64.0. The molecule has 8 nitrogen and oxygen atoms in total. The van der Waals surface area contributed by atoms with Crippen LogP contribution in [-0.2, 0) is 14.8 Å². The lowest BCUT2D eigenvalue weighted by molar-refractivity contribution is -0.133. The molecular formula is C21H29ClF3N5O3S2. The molecule has 1 N–H and O–H groups in total. The van der Waals surface area contributed by atoms with Crippen molar-refractivity contribution in [2.75, 3.05) is 32.4 Å². The van der Waals surface area contributed by atoms with E-state index in [1.165, 1.54) is 6.34 Å². The van der Waals surface area contributed by atoms with E-state index in [1.807, 2.05) is 4.90 Å². The minimum Gasteiger partial charge on any atom is -0.356 e. The molecule has 35 heavy (non-hydrogen) atoms. The van der Waals surface area contributed by atoms with Crippen molar-refractivity contribution in [2.45, 2.75) is 55.1 Å². The number of halogens is 4. The van der Waals surface area contributed by atoms with Crippen LogP contribution in [0, 0.1) is 11.8 Å². The smallest absolute Gasteiger partial charge is 0.356 e. The summed E-state index contributed by atoms with van der Waals surface area (Å²) in [5.74, 6) is 0.424. The van der Waals surface area contributed by atoms with E-state index in [2.05, 4.69) is 14.7 Å². The first kappa shape index (κ1) is 26.7. The van der Waals surface area contributed by atoms with Gasteiger partial charge < -0.3 is 9.80 Å². The molecule has 1 amide bonds. The molecule has 0 aromatic carbocycles. The van der Waals surface area contributed by atoms with E-state index >= 15 is 0 Å². The van der Waals surface area contributed by atoms with Crippen LogP contribution in [-0.4, -0.2) is 91.7 Å². The summed E-state index contributed by atoms with van der Waals surface area (Å²) in [5, 5.41) is -0.605. The number of piperazine rings is 1. The normalized spacial score (nSPS) is 31.7. The first-order valence-electron chi connectivity index (χ1n) is 11.6. The van der Waals surface area contributed by atoms with Crippen molar-refractivity contribution in [3.63, 3.8) is 0 Å². The van der Waals surface area contributed by atoms with Crippen LogP contribution in [0.2, 0.25) is 0 Å². The Kier molecular flexibility index (Phi) is 8.09. The number of alkyl halides is 4. The summed E-state index contributed by atoms with van der Waals surface area (Å²) in [5.41, 5.74) is 0. The Morgan fingerprint density at radius 2 is 1.97 bits per heavy atom. The molecule has 14 heteroatoms. The Labute approximate surface area is 212 Å². The topological polar surface area (TPSA) is 94.4 Å². The third-order valence-corrected chi connectivity index (χ3v) is 9.24. The molecule has 0 bridgehead atoms. The largest absolute Gasteiger partial charge is 0.393 e. The average molecular weight is 556 g/mol. The molecule has 4 rings (SSSR count). The first-order chi connectivity index (χ1) is 16.4. The second kappa shape index (κ2) is 10.6. The maximum atomic E-state index is 12.9. The predicted octanol–water partition coefficient (Wildman–Crippen LogP) is 2.81. The van der Waals surface area contributed by atoms with Crippen LogP contribution < -0.4 is 4.72 Å². The summed E-state index contributed by atoms with van der Waals surface area (Å²) >= 11 is 7.64. The molecule has 4 aliphatic rings. The van der Waals surface area contributed by atoms with Crippen molar-refractivity contribution >= 4 is 51.5 Å². The number of carbonyl (C=O) groups is 1. The van der Waals surface area contributed by atoms with E-state index in [1.54, 1.807) is 11.0 Å². The minimum absolute atomic E-state index is 0.00722. The van der Waals surface area contributed by atoms with Gasteiger partial charge in [0.05, 0.1) is 18.6 Å². The molecule has 0 spiro atoms. The van der Waals surface area contributed by atoms with Gasteiger partial charge in [-0.1, -0.05) is 6.08 Å². The highest BCUT2D eigenvalue weighted by Crippen LogP contribution is 2.44. The Bertz CT molecular complexity index is 1010. The van der Waals surface area contributed by atoms with E-state index in [-0.39, 0.29) is 39.4 Å². The number of thioether (sulfide) groups is 1. The van der Waals surface area contributed by atoms with Crippen LogP contribution in [0.5, 0.6) is 0 Å². The number of nitrogens with one attached hydrogen (secondary N) is 1. The summed E-state index contributed by atoms with van der Waals surface area (Å²) in [4.78, 5) is 25.6. The summed E-state index contributed by atoms with van der Waals surface area (Å²) in [6, 6.07) is -0.203. The molecule has 3 heterocycles. The molecule has 196 valence electrons. The van der Waals surface area contributed by atoms with Crippen LogP contribution in [0.4, 0.5) is 13.2 Å². The molecule has 1 aliphatic carbocycles. The van der Waals surface area contributed by atoms with Crippen molar-refractivity contribution in [1.29, 1.82) is 0 Å². The Balaban J connectivity index is 1.28. The molecule has 5 atom stereocenters. The van der Waals surface area contributed by atoms with Crippen LogP contribution in [0.3, 0.4) is 0 Å². The van der Waals surface area contributed by atoms with E-state index in [0.29, 0.717) is 57.7 Å². The lowest BCUT2D eigenvalue weighted by atomic mass is 9.83. The van der Waals surface area contributed by atoms with Gasteiger partial charge in [-0.05, 0) is 30.1 Å². The van der Waals surface area contributed by atoms with Crippen LogP contribution in [0.1, 0.15) is 32.1 Å². The number of fused-ring (bicyclic) bond motifs is 1. The van der Waals surface area contributed by atoms with Gasteiger partial charge in [-0.15, -0.1) is 23.4 Å². The van der Waals surface area contributed by atoms with E-state index < -0.39 is 22.6 Å². The van der Waals surface area contributed by atoms with E-state index in [0.717, 1.165) is 18.0 Å². The Hall–Kier alpha value is -1.31. The van der Waals surface area contributed by atoms with Gasteiger partial charge in [0.1, 0.15) is 17.5 Å². The maximum absolute atomic E-state index is 12.9. The molecule has 0 radical (unpaired) electrons. The number of sulfonamides is 1. The summed E-state index contributed by atoms with van der Waals surface area (Å²) in [6.07, 6.45) is 1.09. The fourth-order valence-corrected chi connectivity index (χ4v) is 7.56. The number of allylic oxidation sites excluding steroid dienone is 1. The molecule has 2 fully saturated rings. The molecule has 5 unspecified atom stereocenters. The maximum Gasteiger partial charge on any atom is 0.393 e. The standard InChI is InChI=1S/C21H29ClF3N5O3S2/c1-35(32,33)28-14-3-2-13(17(22)9-14)8-18(31)29-4-6-30(7-5-29)19-16-10-15(11-21(23,24)25)34-20(16)27-12-26-19/h10,12-14,16-17,20,28H,2-9,11H2,1H3. The number of aliphatic imine (C=N–C) groups is 2. The van der Waals surface area contributed by atoms with Gasteiger partial charge in [0.25, 0.3) is 0 Å². The third-order valence-electron chi connectivity index (χ3n) is 6.70. The number of amidine groups is 1. The van der Waals surface area contributed by atoms with Gasteiger partial charge in [-0.3, -0.25) is 9.79 Å². The molecule has 0 aromatic heterocycles. The SMILES string of the molecule is CS(=O)(=O)NC1CCC(CC(=O)N2CCN(C3=NC=NC4SC(CC(F)(F)F)=CC34)CC2)C(Cl)C1. The van der Waals surface area contributed by atoms with Gasteiger partial charge in [-0.25, -0.2) is 18.1 Å². The van der Waals surface area contributed by atoms with Crippen LogP contribution >= 0.6 is 23.4 Å². The Morgan fingerprint density at radius 1 is 1.26 bits per heavy atom. The van der Waals surface area contributed by atoms with E-state index in [9.17, 15) is 26.4 Å². The quantitative estimate of drug-likeness (QED) is 0.527. The Morgan fingerprint density at radius 3 is 2.60 bits per heavy atom. The molecule has 0 aromatic rings. The molecule has 1 saturated heterocycles. The molecule has 3 aliphatic heterocycles. The van der Waals surface area contributed by atoms with Crippen molar-refractivity contribution < 1.29 is 26.4 Å². The fourth-order valence-electron chi connectivity index (χ4n) is 5.07. The van der Waals surface area contributed by atoms with Crippen LogP contribution in [0.15, 0.2) is 21.0 Å². The number of hydrogen-bond donors (Lipinski definition) is 1. The van der Waals surface area contributed by atoms with Crippen molar-refractivity contribution in [3.05, 3.63) is 11.0 Å². The lowest BCUT2D eigenvalue weighted by Gasteiger charge is -2.40. The zero-order valence-electron chi connectivity index (χ0n) is 19.2. The first-order valence-corrected chi connectivity index (χ1v) is 14.8. The molecular weight excluding hydrogens is 527 g/mol. The van der Waals surface area contributed by atoms with Crippen molar-refractivity contribution in [1.82, 2.24) is 14.5 Å². The van der Waals surface area contributed by atoms with Gasteiger partial charge >= 0.3 is 6.18 Å². The van der Waals surface area contributed by atoms with Gasteiger partial charge in [0.2, 0.25) is 15.9 Å². The monoisotopic (exact) mass is 555 g/mol.